The van der Waals surface area contributed by atoms with Gasteiger partial charge in [0.05, 0.1) is 32.0 Å². The molecule has 1 heterocycles. The Labute approximate surface area is 531 Å². The van der Waals surface area contributed by atoms with Crippen molar-refractivity contribution in [3.63, 3.8) is 0 Å². The SMILES string of the molecule is CCCCCCCCCC/C=C/C(O)C(COC1OC(CO)C(O)C(O)C1O)NC(=O)CCCCCCCCCCCCCCCCCCCCCCCCCCCCCCCCCCCCCCCOC(=O)CCCCCCCCCCCCC. The van der Waals surface area contributed by atoms with E-state index in [0.717, 1.165) is 51.4 Å². The van der Waals surface area contributed by atoms with Crippen LogP contribution in [0.1, 0.15) is 393 Å². The molecule has 7 atom stereocenters. The van der Waals surface area contributed by atoms with Crippen LogP contribution in [0.4, 0.5) is 0 Å². The van der Waals surface area contributed by atoms with Crippen molar-refractivity contribution in [2.45, 2.75) is 436 Å². The minimum absolute atomic E-state index is 0.0177. The number of unbranched alkanes of at least 4 members (excludes halogenated alkanes) is 54. The van der Waals surface area contributed by atoms with Crippen molar-refractivity contribution >= 4 is 11.9 Å². The number of ether oxygens (including phenoxy) is 3. The van der Waals surface area contributed by atoms with Gasteiger partial charge < -0.3 is 45.1 Å². The van der Waals surface area contributed by atoms with E-state index in [9.17, 15) is 35.1 Å². The third kappa shape index (κ3) is 53.1. The van der Waals surface area contributed by atoms with Crippen molar-refractivity contribution in [3.8, 4) is 0 Å². The quantitative estimate of drug-likeness (QED) is 0.0195. The van der Waals surface area contributed by atoms with E-state index >= 15 is 0 Å². The molecule has 1 fully saturated rings. The molecule has 86 heavy (non-hydrogen) atoms. The fraction of sp³-hybridized carbons (Fsp3) is 0.947. The summed E-state index contributed by atoms with van der Waals surface area (Å²) >= 11 is 0. The number of allylic oxidation sites excluding steroid dienone is 1. The summed E-state index contributed by atoms with van der Waals surface area (Å²) in [6.07, 6.45) is 71.1. The molecule has 11 heteroatoms. The standard InChI is InChI=1S/C75H145NO10/c1-3-5-7-9-11-13-42-47-51-55-59-63-71(80)84-64-60-56-52-48-44-41-39-37-35-33-31-29-27-25-23-21-19-17-15-16-18-20-22-24-26-28-30-32-34-36-38-40-43-46-50-54-58-62-70(79)76-67(66-85-75-74(83)73(82)72(81)69(65-77)86-75)68(78)61-57-53-49-45-14-12-10-8-6-4-2/h57,61,67-69,72-75,77-78,81-83H,3-56,58-60,62-66H2,1-2H3,(H,76,79)/b61-57+. The number of hydrogen-bond acceptors (Lipinski definition) is 10. The number of amides is 1. The highest BCUT2D eigenvalue weighted by molar-refractivity contribution is 5.76. The van der Waals surface area contributed by atoms with Crippen LogP contribution < -0.4 is 5.32 Å². The predicted octanol–water partition coefficient (Wildman–Crippen LogP) is 19.8. The first-order valence-corrected chi connectivity index (χ1v) is 38.0. The van der Waals surface area contributed by atoms with Crippen LogP contribution in [0.15, 0.2) is 12.2 Å². The number of nitrogens with one attached hydrogen (secondary N) is 1. The predicted molar refractivity (Wildman–Crippen MR) is 362 cm³/mol. The van der Waals surface area contributed by atoms with Crippen LogP contribution in [-0.4, -0.2) is 100 Å². The first kappa shape index (κ1) is 82.4. The number of carbonyl (C=O) groups excluding carboxylic acids is 2. The number of esters is 1. The maximum absolute atomic E-state index is 13.0. The van der Waals surface area contributed by atoms with Gasteiger partial charge in [0.15, 0.2) is 6.29 Å². The molecule has 1 amide bonds. The summed E-state index contributed by atoms with van der Waals surface area (Å²) in [4.78, 5) is 25.1. The highest BCUT2D eigenvalue weighted by Crippen LogP contribution is 2.24. The highest BCUT2D eigenvalue weighted by atomic mass is 16.7. The minimum atomic E-state index is -1.57. The van der Waals surface area contributed by atoms with E-state index in [2.05, 4.69) is 19.2 Å². The van der Waals surface area contributed by atoms with Crippen LogP contribution in [-0.2, 0) is 23.8 Å². The molecule has 1 aliphatic heterocycles. The summed E-state index contributed by atoms with van der Waals surface area (Å²) in [6, 6.07) is -0.803. The topological polar surface area (TPSA) is 175 Å². The van der Waals surface area contributed by atoms with Crippen LogP contribution in [0.5, 0.6) is 0 Å². The van der Waals surface area contributed by atoms with Crippen LogP contribution in [0.25, 0.3) is 0 Å². The Kier molecular flexibility index (Phi) is 62.2. The molecule has 6 N–H and O–H groups in total. The van der Waals surface area contributed by atoms with Crippen LogP contribution in [0, 0.1) is 0 Å². The zero-order chi connectivity index (χ0) is 62.3. The Morgan fingerprint density at radius 3 is 1.08 bits per heavy atom. The second-order valence-corrected chi connectivity index (χ2v) is 26.7. The molecule has 0 aromatic carbocycles. The van der Waals surface area contributed by atoms with Gasteiger partial charge in [0.25, 0.3) is 0 Å². The average molecular weight is 1220 g/mol. The number of aliphatic hydroxyl groups excluding tert-OH is 5. The Balaban J connectivity index is 1.87. The molecule has 0 radical (unpaired) electrons. The van der Waals surface area contributed by atoms with Crippen LogP contribution in [0.3, 0.4) is 0 Å². The van der Waals surface area contributed by atoms with Gasteiger partial charge in [-0.2, -0.15) is 0 Å². The van der Waals surface area contributed by atoms with Gasteiger partial charge in [0.1, 0.15) is 24.4 Å². The van der Waals surface area contributed by atoms with E-state index in [4.69, 9.17) is 14.2 Å². The number of rotatable bonds is 68. The fourth-order valence-corrected chi connectivity index (χ4v) is 12.4. The van der Waals surface area contributed by atoms with Crippen molar-refractivity contribution in [3.05, 3.63) is 12.2 Å². The maximum Gasteiger partial charge on any atom is 0.305 e. The zero-order valence-electron chi connectivity index (χ0n) is 56.8. The average Bonchev–Trinajstić information content (AvgIpc) is 3.72. The molecule has 1 aliphatic rings. The van der Waals surface area contributed by atoms with Gasteiger partial charge in [-0.05, 0) is 32.1 Å². The van der Waals surface area contributed by atoms with Gasteiger partial charge in [-0.1, -0.05) is 360 Å². The summed E-state index contributed by atoms with van der Waals surface area (Å²) < 4.78 is 16.7. The zero-order valence-corrected chi connectivity index (χ0v) is 56.8. The van der Waals surface area contributed by atoms with Gasteiger partial charge in [0.2, 0.25) is 5.91 Å². The van der Waals surface area contributed by atoms with Gasteiger partial charge in [-0.15, -0.1) is 0 Å². The molecule has 0 spiro atoms. The third-order valence-electron chi connectivity index (χ3n) is 18.4. The van der Waals surface area contributed by atoms with Crippen LogP contribution >= 0.6 is 0 Å². The summed E-state index contributed by atoms with van der Waals surface area (Å²) in [5.74, 6) is -0.157. The second kappa shape index (κ2) is 64.9. The molecule has 0 saturated carbocycles. The molecule has 1 rings (SSSR count). The summed E-state index contributed by atoms with van der Waals surface area (Å²) in [7, 11) is 0. The molecule has 0 aromatic heterocycles. The highest BCUT2D eigenvalue weighted by Gasteiger charge is 2.44. The Hall–Kier alpha value is -1.60. The number of carbonyl (C=O) groups is 2. The van der Waals surface area contributed by atoms with Crippen LogP contribution in [0.2, 0.25) is 0 Å². The van der Waals surface area contributed by atoms with Crippen molar-refractivity contribution in [1.82, 2.24) is 5.32 Å². The van der Waals surface area contributed by atoms with Crippen molar-refractivity contribution < 1.29 is 49.3 Å². The summed E-state index contributed by atoms with van der Waals surface area (Å²) in [6.45, 7) is 4.37. The minimum Gasteiger partial charge on any atom is -0.466 e. The summed E-state index contributed by atoms with van der Waals surface area (Å²) in [5, 5.41) is 54.4. The lowest BCUT2D eigenvalue weighted by Gasteiger charge is -2.40. The number of hydrogen-bond donors (Lipinski definition) is 6. The van der Waals surface area contributed by atoms with E-state index < -0.39 is 49.5 Å². The lowest BCUT2D eigenvalue weighted by Crippen LogP contribution is -2.60. The molecule has 510 valence electrons. The first-order valence-electron chi connectivity index (χ1n) is 38.0. The van der Waals surface area contributed by atoms with Gasteiger partial charge in [-0.25, -0.2) is 0 Å². The number of aliphatic hydroxyl groups is 5. The second-order valence-electron chi connectivity index (χ2n) is 26.7. The monoisotopic (exact) mass is 1220 g/mol. The Morgan fingerprint density at radius 2 is 0.733 bits per heavy atom. The van der Waals surface area contributed by atoms with Gasteiger partial charge in [-0.3, -0.25) is 9.59 Å². The van der Waals surface area contributed by atoms with E-state index in [-0.39, 0.29) is 18.5 Å². The fourth-order valence-electron chi connectivity index (χ4n) is 12.4. The summed E-state index contributed by atoms with van der Waals surface area (Å²) in [5.41, 5.74) is 0. The Bertz CT molecular complexity index is 1430. The van der Waals surface area contributed by atoms with E-state index in [1.54, 1.807) is 6.08 Å². The first-order chi connectivity index (χ1) is 42.2. The maximum atomic E-state index is 13.0. The molecule has 0 aliphatic carbocycles. The largest absolute Gasteiger partial charge is 0.466 e. The molecule has 11 nitrogen and oxygen atoms in total. The molecular weight excluding hydrogens is 1070 g/mol. The van der Waals surface area contributed by atoms with Crippen molar-refractivity contribution in [1.29, 1.82) is 0 Å². The Morgan fingerprint density at radius 1 is 0.419 bits per heavy atom. The molecular formula is C75H145NO10. The van der Waals surface area contributed by atoms with E-state index in [0.29, 0.717) is 19.4 Å². The lowest BCUT2D eigenvalue weighted by atomic mass is 9.99. The molecule has 0 bridgehead atoms. The lowest BCUT2D eigenvalue weighted by molar-refractivity contribution is -0.302. The molecule has 1 saturated heterocycles. The molecule has 0 aromatic rings. The molecule has 7 unspecified atom stereocenters. The smallest absolute Gasteiger partial charge is 0.305 e. The van der Waals surface area contributed by atoms with E-state index in [1.807, 2.05) is 6.08 Å². The normalized spacial score (nSPS) is 17.9. The van der Waals surface area contributed by atoms with Crippen molar-refractivity contribution in [2.24, 2.45) is 0 Å². The van der Waals surface area contributed by atoms with Crippen molar-refractivity contribution in [2.75, 3.05) is 19.8 Å². The van der Waals surface area contributed by atoms with E-state index in [1.165, 1.54) is 315 Å². The van der Waals surface area contributed by atoms with Gasteiger partial charge in [0, 0.05) is 12.8 Å². The van der Waals surface area contributed by atoms with Gasteiger partial charge >= 0.3 is 5.97 Å². The third-order valence-corrected chi connectivity index (χ3v) is 18.4.